The van der Waals surface area contributed by atoms with Crippen LogP contribution < -0.4 is 0 Å². The molecular formula is C20H19F4NO2S. The van der Waals surface area contributed by atoms with Gasteiger partial charge in [0, 0.05) is 11.8 Å². The molecule has 0 bridgehead atoms. The standard InChI is InChI=1S/C20H19F4NO2S/c1-13-7-9-19(10-8-13,16-11-14(2)3-5-17(16)21)28(26,27)15-4-6-18(25-12-15)20(22,23)24/h3-6,11-12H,1,7-10H2,2H3. The number of rotatable bonds is 3. The molecule has 0 atom stereocenters. The first-order valence-electron chi connectivity index (χ1n) is 8.68. The van der Waals surface area contributed by atoms with Gasteiger partial charge in [0.05, 0.1) is 4.90 Å². The molecule has 1 aliphatic rings. The van der Waals surface area contributed by atoms with Crippen LogP contribution in [0.15, 0.2) is 53.6 Å². The predicted octanol–water partition coefficient (Wildman–Crippen LogP) is 5.35. The molecule has 150 valence electrons. The fourth-order valence-corrected chi connectivity index (χ4v) is 5.69. The number of allylic oxidation sites excluding steroid dienone is 1. The zero-order chi connectivity index (χ0) is 20.7. The van der Waals surface area contributed by atoms with Crippen molar-refractivity contribution < 1.29 is 26.0 Å². The summed E-state index contributed by atoms with van der Waals surface area (Å²) in [5.74, 6) is -0.651. The van der Waals surface area contributed by atoms with E-state index in [1.54, 1.807) is 13.0 Å². The summed E-state index contributed by atoms with van der Waals surface area (Å²) in [4.78, 5) is 2.92. The van der Waals surface area contributed by atoms with Crippen LogP contribution in [0.25, 0.3) is 0 Å². The highest BCUT2D eigenvalue weighted by Crippen LogP contribution is 2.48. The topological polar surface area (TPSA) is 47.0 Å². The van der Waals surface area contributed by atoms with E-state index in [1.807, 2.05) is 0 Å². The van der Waals surface area contributed by atoms with Crippen molar-refractivity contribution >= 4 is 9.84 Å². The summed E-state index contributed by atoms with van der Waals surface area (Å²) in [6.07, 6.45) is -2.98. The number of benzene rings is 1. The lowest BCUT2D eigenvalue weighted by molar-refractivity contribution is -0.141. The molecule has 1 aromatic heterocycles. The number of nitrogens with zero attached hydrogens (tertiary/aromatic N) is 1. The Labute approximate surface area is 161 Å². The fraction of sp³-hybridized carbons (Fsp3) is 0.350. The normalized spacial score (nSPS) is 17.5. The number of alkyl halides is 3. The van der Waals surface area contributed by atoms with E-state index in [1.165, 1.54) is 12.1 Å². The molecule has 1 aromatic carbocycles. The van der Waals surface area contributed by atoms with E-state index in [2.05, 4.69) is 11.6 Å². The molecule has 28 heavy (non-hydrogen) atoms. The second kappa shape index (κ2) is 6.99. The SMILES string of the molecule is C=C1CCC(c2cc(C)ccc2F)(S(=O)(=O)c2ccc(C(F)(F)F)nc2)CC1. The molecule has 3 nitrogen and oxygen atoms in total. The second-order valence-electron chi connectivity index (χ2n) is 7.11. The summed E-state index contributed by atoms with van der Waals surface area (Å²) in [5, 5.41) is 0. The Hall–Kier alpha value is -2.22. The average molecular weight is 413 g/mol. The van der Waals surface area contributed by atoms with Crippen LogP contribution in [-0.2, 0) is 20.8 Å². The Morgan fingerprint density at radius 1 is 1.11 bits per heavy atom. The molecule has 1 saturated carbocycles. The Morgan fingerprint density at radius 2 is 1.75 bits per heavy atom. The van der Waals surface area contributed by atoms with Crippen LogP contribution in [-0.4, -0.2) is 13.4 Å². The van der Waals surface area contributed by atoms with Crippen LogP contribution in [0.2, 0.25) is 0 Å². The van der Waals surface area contributed by atoms with Crippen molar-refractivity contribution in [3.05, 3.63) is 71.3 Å². The van der Waals surface area contributed by atoms with Crippen molar-refractivity contribution in [2.24, 2.45) is 0 Å². The average Bonchev–Trinajstić information content (AvgIpc) is 2.64. The Bertz CT molecular complexity index is 1000. The summed E-state index contributed by atoms with van der Waals surface area (Å²) in [6, 6.07) is 5.79. The van der Waals surface area contributed by atoms with Crippen molar-refractivity contribution in [2.45, 2.75) is 48.4 Å². The molecule has 0 N–H and O–H groups in total. The van der Waals surface area contributed by atoms with Crippen molar-refractivity contribution in [3.63, 3.8) is 0 Å². The molecule has 1 aliphatic carbocycles. The quantitative estimate of drug-likeness (QED) is 0.504. The largest absolute Gasteiger partial charge is 0.433 e. The third kappa shape index (κ3) is 3.45. The highest BCUT2D eigenvalue weighted by atomic mass is 32.2. The van der Waals surface area contributed by atoms with Crippen LogP contribution in [0.3, 0.4) is 0 Å². The minimum atomic E-state index is -4.68. The van der Waals surface area contributed by atoms with E-state index in [4.69, 9.17) is 0 Å². The summed E-state index contributed by atoms with van der Waals surface area (Å²) in [5.41, 5.74) is 0.421. The first-order chi connectivity index (χ1) is 13.0. The van der Waals surface area contributed by atoms with Crippen molar-refractivity contribution in [1.82, 2.24) is 4.98 Å². The molecule has 2 aromatic rings. The minimum absolute atomic E-state index is 0.0416. The van der Waals surface area contributed by atoms with E-state index in [0.717, 1.165) is 11.6 Å². The van der Waals surface area contributed by atoms with Crippen LogP contribution >= 0.6 is 0 Å². The van der Waals surface area contributed by atoms with Crippen LogP contribution in [0, 0.1) is 12.7 Å². The minimum Gasteiger partial charge on any atom is -0.250 e. The Morgan fingerprint density at radius 3 is 2.29 bits per heavy atom. The third-order valence-electron chi connectivity index (χ3n) is 5.23. The molecule has 1 fully saturated rings. The van der Waals surface area contributed by atoms with E-state index in [-0.39, 0.29) is 23.3 Å². The van der Waals surface area contributed by atoms with Gasteiger partial charge in [-0.15, -0.1) is 0 Å². The highest BCUT2D eigenvalue weighted by molar-refractivity contribution is 7.92. The van der Waals surface area contributed by atoms with Gasteiger partial charge in [-0.25, -0.2) is 12.8 Å². The maximum atomic E-state index is 14.7. The van der Waals surface area contributed by atoms with Gasteiger partial charge < -0.3 is 0 Å². The first-order valence-corrected chi connectivity index (χ1v) is 10.2. The summed E-state index contributed by atoms with van der Waals surface area (Å²) < 4.78 is 78.5. The summed E-state index contributed by atoms with van der Waals surface area (Å²) >= 11 is 0. The van der Waals surface area contributed by atoms with E-state index in [0.29, 0.717) is 30.7 Å². The van der Waals surface area contributed by atoms with Crippen LogP contribution in [0.4, 0.5) is 17.6 Å². The van der Waals surface area contributed by atoms with Crippen molar-refractivity contribution in [1.29, 1.82) is 0 Å². The summed E-state index contributed by atoms with van der Waals surface area (Å²) in [6.45, 7) is 5.61. The van der Waals surface area contributed by atoms with E-state index in [9.17, 15) is 26.0 Å². The van der Waals surface area contributed by atoms with Gasteiger partial charge in [0.25, 0.3) is 0 Å². The smallest absolute Gasteiger partial charge is 0.250 e. The molecular weight excluding hydrogens is 394 g/mol. The predicted molar refractivity (Wildman–Crippen MR) is 96.8 cm³/mol. The number of hydrogen-bond donors (Lipinski definition) is 0. The summed E-state index contributed by atoms with van der Waals surface area (Å²) in [7, 11) is -4.21. The van der Waals surface area contributed by atoms with Gasteiger partial charge in [-0.2, -0.15) is 13.2 Å². The van der Waals surface area contributed by atoms with Gasteiger partial charge in [-0.3, -0.25) is 4.98 Å². The maximum absolute atomic E-state index is 14.7. The molecule has 0 aliphatic heterocycles. The third-order valence-corrected chi connectivity index (χ3v) is 7.75. The van der Waals surface area contributed by atoms with Gasteiger partial charge in [-0.1, -0.05) is 29.8 Å². The van der Waals surface area contributed by atoms with Gasteiger partial charge in [0.2, 0.25) is 0 Å². The van der Waals surface area contributed by atoms with Gasteiger partial charge in [0.1, 0.15) is 16.3 Å². The fourth-order valence-electron chi connectivity index (χ4n) is 3.61. The number of aryl methyl sites for hydroxylation is 1. The number of sulfone groups is 1. The van der Waals surface area contributed by atoms with Crippen molar-refractivity contribution in [3.8, 4) is 0 Å². The maximum Gasteiger partial charge on any atom is 0.433 e. The van der Waals surface area contributed by atoms with Gasteiger partial charge >= 0.3 is 6.18 Å². The van der Waals surface area contributed by atoms with Gasteiger partial charge in [0.15, 0.2) is 9.84 Å². The highest BCUT2D eigenvalue weighted by Gasteiger charge is 2.49. The lowest BCUT2D eigenvalue weighted by Crippen LogP contribution is -2.39. The lowest BCUT2D eigenvalue weighted by atomic mass is 9.80. The number of aromatic nitrogens is 1. The van der Waals surface area contributed by atoms with E-state index < -0.39 is 32.3 Å². The van der Waals surface area contributed by atoms with Crippen LogP contribution in [0.1, 0.15) is 42.5 Å². The molecule has 0 saturated heterocycles. The molecule has 1 heterocycles. The lowest BCUT2D eigenvalue weighted by Gasteiger charge is -2.38. The number of hydrogen-bond acceptors (Lipinski definition) is 3. The monoisotopic (exact) mass is 413 g/mol. The Balaban J connectivity index is 2.17. The van der Waals surface area contributed by atoms with E-state index >= 15 is 0 Å². The second-order valence-corrected chi connectivity index (χ2v) is 9.37. The molecule has 0 amide bonds. The van der Waals surface area contributed by atoms with Crippen molar-refractivity contribution in [2.75, 3.05) is 0 Å². The zero-order valence-electron chi connectivity index (χ0n) is 15.2. The zero-order valence-corrected chi connectivity index (χ0v) is 16.0. The first kappa shape index (κ1) is 20.5. The van der Waals surface area contributed by atoms with Crippen LogP contribution in [0.5, 0.6) is 0 Å². The Kier molecular flexibility index (Phi) is 5.12. The molecule has 0 spiro atoms. The molecule has 0 radical (unpaired) electrons. The molecule has 8 heteroatoms. The number of pyridine rings is 1. The number of halogens is 4. The molecule has 0 unspecified atom stereocenters. The van der Waals surface area contributed by atoms with Gasteiger partial charge in [-0.05, 0) is 50.8 Å². The molecule has 3 rings (SSSR count).